The molecule has 0 saturated carbocycles. The monoisotopic (exact) mass is 526 g/mol. The van der Waals surface area contributed by atoms with Gasteiger partial charge in [0.05, 0.1) is 23.9 Å². The molecule has 0 radical (unpaired) electrons. The number of halogens is 4. The lowest BCUT2D eigenvalue weighted by atomic mass is 10.1. The van der Waals surface area contributed by atoms with Gasteiger partial charge in [0.25, 0.3) is 0 Å². The smallest absolute Gasteiger partial charge is 0.379 e. The Morgan fingerprint density at radius 2 is 1.94 bits per heavy atom. The van der Waals surface area contributed by atoms with Crippen LogP contribution in [0.1, 0.15) is 36.8 Å². The van der Waals surface area contributed by atoms with Crippen molar-refractivity contribution in [3.05, 3.63) is 40.5 Å². The van der Waals surface area contributed by atoms with Gasteiger partial charge in [-0.3, -0.25) is 9.69 Å². The predicted octanol–water partition coefficient (Wildman–Crippen LogP) is 4.54. The number of carbonyl (C=O) groups is 1. The molecule has 2 aliphatic heterocycles. The van der Waals surface area contributed by atoms with E-state index in [9.17, 15) is 18.0 Å². The number of piperidine rings is 1. The van der Waals surface area contributed by atoms with E-state index >= 15 is 0 Å². The molecule has 0 atom stereocenters. The minimum Gasteiger partial charge on any atom is -0.379 e. The number of anilines is 3. The van der Waals surface area contributed by atoms with Gasteiger partial charge in [0, 0.05) is 51.9 Å². The van der Waals surface area contributed by atoms with Crippen LogP contribution in [0.2, 0.25) is 5.02 Å². The number of hydrogen-bond donors (Lipinski definition) is 2. The van der Waals surface area contributed by atoms with Crippen LogP contribution in [-0.4, -0.2) is 71.6 Å². The fraction of sp³-hybridized carbons (Fsp3) is 0.542. The van der Waals surface area contributed by atoms with Gasteiger partial charge in [0.1, 0.15) is 11.4 Å². The highest BCUT2D eigenvalue weighted by Crippen LogP contribution is 2.34. The Morgan fingerprint density at radius 1 is 1.14 bits per heavy atom. The molecule has 0 aliphatic carbocycles. The average Bonchev–Trinajstić information content (AvgIpc) is 2.85. The lowest BCUT2D eigenvalue weighted by Gasteiger charge is -2.26. The van der Waals surface area contributed by atoms with Gasteiger partial charge >= 0.3 is 6.18 Å². The second-order valence-corrected chi connectivity index (χ2v) is 9.31. The second kappa shape index (κ2) is 12.1. The number of carbonyl (C=O) groups excluding carboxylic acids is 1. The van der Waals surface area contributed by atoms with E-state index in [1.54, 1.807) is 11.0 Å². The zero-order chi connectivity index (χ0) is 25.5. The Kier molecular flexibility index (Phi) is 8.86. The Labute approximate surface area is 213 Å². The van der Waals surface area contributed by atoms with Crippen LogP contribution in [0.3, 0.4) is 0 Å². The maximum Gasteiger partial charge on any atom is 0.421 e. The van der Waals surface area contributed by atoms with Crippen LogP contribution in [0.15, 0.2) is 24.4 Å². The summed E-state index contributed by atoms with van der Waals surface area (Å²) >= 11 is 6.34. The predicted molar refractivity (Wildman–Crippen MR) is 131 cm³/mol. The molecule has 2 saturated heterocycles. The summed E-state index contributed by atoms with van der Waals surface area (Å²) in [6, 6.07) is 5.50. The highest BCUT2D eigenvalue weighted by Gasteiger charge is 2.35. The molecule has 2 aliphatic rings. The first-order chi connectivity index (χ1) is 17.3. The number of alkyl halides is 3. The molecule has 2 aromatic rings. The number of likely N-dealkylation sites (tertiary alicyclic amines) is 1. The molecule has 3 heterocycles. The van der Waals surface area contributed by atoms with Crippen molar-refractivity contribution in [1.29, 1.82) is 0 Å². The van der Waals surface area contributed by atoms with Gasteiger partial charge in [-0.2, -0.15) is 18.2 Å². The number of ether oxygens (including phenoxy) is 1. The molecule has 2 N–H and O–H groups in total. The molecular weight excluding hydrogens is 497 g/mol. The highest BCUT2D eigenvalue weighted by molar-refractivity contribution is 6.33. The summed E-state index contributed by atoms with van der Waals surface area (Å²) in [6.45, 7) is 5.15. The summed E-state index contributed by atoms with van der Waals surface area (Å²) in [5.74, 6) is -0.217. The lowest BCUT2D eigenvalue weighted by Crippen LogP contribution is -2.36. The van der Waals surface area contributed by atoms with E-state index in [1.807, 2.05) is 12.1 Å². The third kappa shape index (κ3) is 7.21. The van der Waals surface area contributed by atoms with E-state index in [0.717, 1.165) is 37.7 Å². The molecule has 12 heteroatoms. The van der Waals surface area contributed by atoms with Gasteiger partial charge in [-0.05, 0) is 37.0 Å². The number of morpholine rings is 1. The fourth-order valence-electron chi connectivity index (χ4n) is 4.26. The van der Waals surface area contributed by atoms with E-state index in [0.29, 0.717) is 56.4 Å². The van der Waals surface area contributed by atoms with E-state index in [1.165, 1.54) is 0 Å². The van der Waals surface area contributed by atoms with Crippen molar-refractivity contribution in [1.82, 2.24) is 19.8 Å². The number of rotatable bonds is 9. The van der Waals surface area contributed by atoms with Crippen LogP contribution < -0.4 is 10.6 Å². The fourth-order valence-corrected chi connectivity index (χ4v) is 4.43. The lowest BCUT2D eigenvalue weighted by molar-refractivity contribution is -0.137. The van der Waals surface area contributed by atoms with E-state index in [-0.39, 0.29) is 24.2 Å². The summed E-state index contributed by atoms with van der Waals surface area (Å²) in [5, 5.41) is 6.15. The summed E-state index contributed by atoms with van der Waals surface area (Å²) < 4.78 is 46.1. The quantitative estimate of drug-likeness (QED) is 0.464. The van der Waals surface area contributed by atoms with Crippen LogP contribution in [-0.2, 0) is 22.3 Å². The molecule has 1 aromatic carbocycles. The van der Waals surface area contributed by atoms with E-state index in [2.05, 4.69) is 25.5 Å². The Balaban J connectivity index is 1.43. The van der Waals surface area contributed by atoms with Crippen molar-refractivity contribution < 1.29 is 22.7 Å². The summed E-state index contributed by atoms with van der Waals surface area (Å²) in [5.41, 5.74) is 0.562. The highest BCUT2D eigenvalue weighted by atomic mass is 35.5. The molecular formula is C24H30ClF3N6O2. The summed E-state index contributed by atoms with van der Waals surface area (Å²) in [6.07, 6.45) is -0.974. The molecule has 0 spiro atoms. The summed E-state index contributed by atoms with van der Waals surface area (Å²) in [4.78, 5) is 23.9. The number of nitrogens with one attached hydrogen (secondary N) is 2. The average molecular weight is 527 g/mol. The third-order valence-corrected chi connectivity index (χ3v) is 6.53. The third-order valence-electron chi connectivity index (χ3n) is 6.20. The van der Waals surface area contributed by atoms with Crippen LogP contribution in [0, 0.1) is 0 Å². The molecule has 4 rings (SSSR count). The Morgan fingerprint density at radius 3 is 2.69 bits per heavy atom. The SMILES string of the molecule is O=C1CCCCN1CCCNc1nc(Nc2cc(CN3CCOCC3)ccc2Cl)ncc1C(F)(F)F. The summed E-state index contributed by atoms with van der Waals surface area (Å²) in [7, 11) is 0. The standard InChI is InChI=1S/C24H30ClF3N6O2/c25-19-6-5-17(16-33-10-12-36-13-11-33)14-20(19)31-23-30-15-18(24(26,27)28)22(32-23)29-7-3-9-34-8-2-1-4-21(34)35/h5-6,14-15H,1-4,7-13,16H2,(H2,29,30,31,32). The number of aromatic nitrogens is 2. The maximum absolute atomic E-state index is 13.6. The van der Waals surface area contributed by atoms with Crippen molar-refractivity contribution in [2.24, 2.45) is 0 Å². The van der Waals surface area contributed by atoms with Crippen LogP contribution in [0.4, 0.5) is 30.6 Å². The number of benzene rings is 1. The topological polar surface area (TPSA) is 82.6 Å². The molecule has 8 nitrogen and oxygen atoms in total. The van der Waals surface area contributed by atoms with Gasteiger partial charge in [0.2, 0.25) is 11.9 Å². The Hall–Kier alpha value is -2.63. The Bertz CT molecular complexity index is 1050. The van der Waals surface area contributed by atoms with Gasteiger partial charge in [-0.1, -0.05) is 17.7 Å². The van der Waals surface area contributed by atoms with Crippen molar-refractivity contribution in [2.45, 2.75) is 38.4 Å². The normalized spacial score (nSPS) is 17.3. The molecule has 36 heavy (non-hydrogen) atoms. The molecule has 2 fully saturated rings. The number of amides is 1. The zero-order valence-corrected chi connectivity index (χ0v) is 20.7. The van der Waals surface area contributed by atoms with Crippen LogP contribution in [0.25, 0.3) is 0 Å². The van der Waals surface area contributed by atoms with Crippen LogP contribution in [0.5, 0.6) is 0 Å². The molecule has 0 unspecified atom stereocenters. The van der Waals surface area contributed by atoms with Gasteiger partial charge in [0.15, 0.2) is 0 Å². The molecule has 196 valence electrons. The molecule has 1 aromatic heterocycles. The minimum atomic E-state index is -4.61. The van der Waals surface area contributed by atoms with Crippen molar-refractivity contribution >= 4 is 35.0 Å². The van der Waals surface area contributed by atoms with Gasteiger partial charge in [-0.15, -0.1) is 0 Å². The molecule has 1 amide bonds. The zero-order valence-electron chi connectivity index (χ0n) is 19.9. The second-order valence-electron chi connectivity index (χ2n) is 8.90. The maximum atomic E-state index is 13.6. The number of nitrogens with zero attached hydrogens (tertiary/aromatic N) is 4. The first-order valence-corrected chi connectivity index (χ1v) is 12.5. The van der Waals surface area contributed by atoms with Crippen molar-refractivity contribution in [3.63, 3.8) is 0 Å². The first-order valence-electron chi connectivity index (χ1n) is 12.1. The number of hydrogen-bond acceptors (Lipinski definition) is 7. The van der Waals surface area contributed by atoms with Crippen molar-refractivity contribution in [3.8, 4) is 0 Å². The van der Waals surface area contributed by atoms with Crippen LogP contribution >= 0.6 is 11.6 Å². The van der Waals surface area contributed by atoms with Crippen molar-refractivity contribution in [2.75, 3.05) is 56.6 Å². The largest absolute Gasteiger partial charge is 0.421 e. The van der Waals surface area contributed by atoms with Gasteiger partial charge < -0.3 is 20.3 Å². The minimum absolute atomic E-state index is 0.00197. The van der Waals surface area contributed by atoms with E-state index in [4.69, 9.17) is 16.3 Å². The van der Waals surface area contributed by atoms with E-state index < -0.39 is 11.7 Å². The first kappa shape index (κ1) is 26.4. The van der Waals surface area contributed by atoms with Gasteiger partial charge in [-0.25, -0.2) is 4.98 Å². The molecule has 0 bridgehead atoms.